The van der Waals surface area contributed by atoms with Gasteiger partial charge in [-0.2, -0.15) is 0 Å². The van der Waals surface area contributed by atoms with Crippen molar-refractivity contribution in [1.82, 2.24) is 0 Å². The van der Waals surface area contributed by atoms with E-state index < -0.39 is 73.9 Å². The lowest BCUT2D eigenvalue weighted by Crippen LogP contribution is -2.67. The van der Waals surface area contributed by atoms with Crippen LogP contribution in [0.15, 0.2) is 0 Å². The van der Waals surface area contributed by atoms with Gasteiger partial charge >= 0.3 is 0 Å². The van der Waals surface area contributed by atoms with Crippen LogP contribution in [0.25, 0.3) is 0 Å². The zero-order chi connectivity index (χ0) is 17.5. The summed E-state index contributed by atoms with van der Waals surface area (Å²) in [6, 6.07) is 0. The minimum absolute atomic E-state index is 0.716. The molecule has 0 aliphatic carbocycles. The molecule has 136 valence electrons. The van der Waals surface area contributed by atoms with Gasteiger partial charge in [0.2, 0.25) is 0 Å². The third kappa shape index (κ3) is 3.36. The Hall–Kier alpha value is -0.440. The molecule has 2 heterocycles. The molecule has 9 N–H and O–H groups in total. The summed E-state index contributed by atoms with van der Waals surface area (Å²) in [6.45, 7) is -0.716. The van der Waals surface area contributed by atoms with Crippen molar-refractivity contribution in [3.8, 4) is 0 Å². The molecular weight excluding hydrogens is 320 g/mol. The fourth-order valence-electron chi connectivity index (χ4n) is 2.77. The molecule has 11 nitrogen and oxygen atoms in total. The lowest BCUT2D eigenvalue weighted by Gasteiger charge is -2.46. The van der Waals surface area contributed by atoms with Crippen molar-refractivity contribution in [1.29, 1.82) is 0 Å². The van der Waals surface area contributed by atoms with Crippen LogP contribution in [0.1, 0.15) is 0 Å². The minimum Gasteiger partial charge on any atom is -0.394 e. The third-order valence-electron chi connectivity index (χ3n) is 4.23. The van der Waals surface area contributed by atoms with Crippen LogP contribution in [0.5, 0.6) is 0 Å². The maximum absolute atomic E-state index is 10.2. The molecule has 11 atom stereocenters. The quantitative estimate of drug-likeness (QED) is 0.236. The predicted molar refractivity (Wildman–Crippen MR) is 68.7 cm³/mol. The molecule has 2 aliphatic heterocycles. The second-order valence-electron chi connectivity index (χ2n) is 5.75. The third-order valence-corrected chi connectivity index (χ3v) is 4.23. The summed E-state index contributed by atoms with van der Waals surface area (Å²) in [5.74, 6) is 0. The molecule has 2 rings (SSSR count). The van der Waals surface area contributed by atoms with E-state index in [0.717, 1.165) is 0 Å². The standard InChI is InChI=1S/C12H22O11/c13-1-2-3(14)4(15)6(17)10(22-2)9(20)11-7(18)5(16)8(19)12(21)23-11/h2-21H,1H2/t2-,3-,4+,5+,6-,7+,8-,9?,10?,11+,12?/m1/s1. The van der Waals surface area contributed by atoms with Gasteiger partial charge in [-0.15, -0.1) is 0 Å². The predicted octanol–water partition coefficient (Wildman–Crippen LogP) is -6.01. The second kappa shape index (κ2) is 7.21. The highest BCUT2D eigenvalue weighted by molar-refractivity contribution is 5.00. The Morgan fingerprint density at radius 2 is 1.13 bits per heavy atom. The zero-order valence-electron chi connectivity index (χ0n) is 11.9. The number of hydrogen-bond donors (Lipinski definition) is 9. The van der Waals surface area contributed by atoms with Gasteiger partial charge in [0.25, 0.3) is 0 Å². The average molecular weight is 342 g/mol. The number of aliphatic hydroxyl groups excluding tert-OH is 9. The topological polar surface area (TPSA) is 201 Å². The summed E-state index contributed by atoms with van der Waals surface area (Å²) in [4.78, 5) is 0. The summed E-state index contributed by atoms with van der Waals surface area (Å²) < 4.78 is 9.94. The lowest BCUT2D eigenvalue weighted by molar-refractivity contribution is -0.319. The Labute approximate surface area is 130 Å². The molecule has 2 fully saturated rings. The van der Waals surface area contributed by atoms with E-state index in [2.05, 4.69) is 0 Å². The van der Waals surface area contributed by atoms with Crippen molar-refractivity contribution in [3.05, 3.63) is 0 Å². The van der Waals surface area contributed by atoms with Gasteiger partial charge in [0.1, 0.15) is 61.0 Å². The zero-order valence-corrected chi connectivity index (χ0v) is 11.9. The fraction of sp³-hybridized carbons (Fsp3) is 1.00. The Morgan fingerprint density at radius 1 is 0.652 bits per heavy atom. The summed E-state index contributed by atoms with van der Waals surface area (Å²) in [5.41, 5.74) is 0. The first-order valence-corrected chi connectivity index (χ1v) is 7.07. The largest absolute Gasteiger partial charge is 0.394 e. The Morgan fingerprint density at radius 3 is 1.65 bits per heavy atom. The normalized spacial score (nSPS) is 53.1. The van der Waals surface area contributed by atoms with Crippen LogP contribution in [0, 0.1) is 0 Å². The van der Waals surface area contributed by atoms with E-state index in [9.17, 15) is 40.9 Å². The van der Waals surface area contributed by atoms with Crippen LogP contribution in [0.4, 0.5) is 0 Å². The number of rotatable bonds is 3. The number of ether oxygens (including phenoxy) is 2. The molecule has 2 aliphatic rings. The molecule has 0 spiro atoms. The summed E-state index contributed by atoms with van der Waals surface area (Å²) >= 11 is 0. The Kier molecular flexibility index (Phi) is 5.92. The van der Waals surface area contributed by atoms with Gasteiger partial charge in [0.15, 0.2) is 6.29 Å². The SMILES string of the molecule is OC[C@H]1OC(C(O)[C@H]2OC(O)[C@H](O)[C@@H](O)[C@@H]2O)[C@H](O)[C@@H](O)[C@@H]1O. The smallest absolute Gasteiger partial charge is 0.184 e. The van der Waals surface area contributed by atoms with E-state index >= 15 is 0 Å². The van der Waals surface area contributed by atoms with E-state index in [-0.39, 0.29) is 0 Å². The maximum atomic E-state index is 10.2. The van der Waals surface area contributed by atoms with E-state index in [0.29, 0.717) is 0 Å². The van der Waals surface area contributed by atoms with E-state index in [1.54, 1.807) is 0 Å². The molecular formula is C12H22O11. The van der Waals surface area contributed by atoms with E-state index in [1.807, 2.05) is 0 Å². The number of aliphatic hydroxyl groups is 9. The second-order valence-corrected chi connectivity index (χ2v) is 5.75. The summed E-state index contributed by atoms with van der Waals surface area (Å²) in [5, 5.41) is 86.9. The van der Waals surface area contributed by atoms with Crippen molar-refractivity contribution in [2.24, 2.45) is 0 Å². The van der Waals surface area contributed by atoms with E-state index in [4.69, 9.17) is 14.6 Å². The molecule has 23 heavy (non-hydrogen) atoms. The Bertz CT molecular complexity index is 393. The van der Waals surface area contributed by atoms with E-state index in [1.165, 1.54) is 0 Å². The summed E-state index contributed by atoms with van der Waals surface area (Å²) in [7, 11) is 0. The first-order valence-electron chi connectivity index (χ1n) is 7.07. The molecule has 11 heteroatoms. The molecule has 3 unspecified atom stereocenters. The molecule has 0 saturated carbocycles. The first kappa shape index (κ1) is 18.9. The van der Waals surface area contributed by atoms with Crippen LogP contribution in [0.3, 0.4) is 0 Å². The van der Waals surface area contributed by atoms with Gasteiger partial charge in [-0.1, -0.05) is 0 Å². The fourth-order valence-corrected chi connectivity index (χ4v) is 2.77. The van der Waals surface area contributed by atoms with Crippen LogP contribution >= 0.6 is 0 Å². The summed E-state index contributed by atoms with van der Waals surface area (Å²) in [6.07, 6.45) is -18.9. The molecule has 0 bridgehead atoms. The molecule has 0 radical (unpaired) electrons. The van der Waals surface area contributed by atoms with Crippen LogP contribution in [-0.4, -0.2) is 120 Å². The van der Waals surface area contributed by atoms with Crippen molar-refractivity contribution in [3.63, 3.8) is 0 Å². The average Bonchev–Trinajstić information content (AvgIpc) is 2.53. The highest BCUT2D eigenvalue weighted by atomic mass is 16.6. The lowest BCUT2D eigenvalue weighted by atomic mass is 9.87. The first-order chi connectivity index (χ1) is 10.7. The van der Waals surface area contributed by atoms with Gasteiger partial charge < -0.3 is 55.4 Å². The maximum Gasteiger partial charge on any atom is 0.184 e. The van der Waals surface area contributed by atoms with Gasteiger partial charge in [-0.05, 0) is 0 Å². The molecule has 0 aromatic heterocycles. The monoisotopic (exact) mass is 342 g/mol. The van der Waals surface area contributed by atoms with Gasteiger partial charge in [0, 0.05) is 0 Å². The molecule has 0 aromatic rings. The van der Waals surface area contributed by atoms with Crippen LogP contribution < -0.4 is 0 Å². The molecule has 0 amide bonds. The molecule has 0 aromatic carbocycles. The van der Waals surface area contributed by atoms with Crippen molar-refractivity contribution < 1.29 is 55.4 Å². The molecule has 2 saturated heterocycles. The van der Waals surface area contributed by atoms with Crippen LogP contribution in [-0.2, 0) is 9.47 Å². The van der Waals surface area contributed by atoms with Crippen molar-refractivity contribution in [2.75, 3.05) is 6.61 Å². The Balaban J connectivity index is 2.16. The number of hydrogen-bond acceptors (Lipinski definition) is 11. The highest BCUT2D eigenvalue weighted by Crippen LogP contribution is 2.29. The van der Waals surface area contributed by atoms with Crippen molar-refractivity contribution >= 4 is 0 Å². The minimum atomic E-state index is -1.90. The van der Waals surface area contributed by atoms with Crippen LogP contribution in [0.2, 0.25) is 0 Å². The highest BCUT2D eigenvalue weighted by Gasteiger charge is 2.53. The van der Waals surface area contributed by atoms with Gasteiger partial charge in [-0.3, -0.25) is 0 Å². The van der Waals surface area contributed by atoms with Gasteiger partial charge in [-0.25, -0.2) is 0 Å². The van der Waals surface area contributed by atoms with Gasteiger partial charge in [0.05, 0.1) is 6.61 Å². The van der Waals surface area contributed by atoms with Crippen molar-refractivity contribution in [2.45, 2.75) is 67.3 Å².